The molecule has 0 radical (unpaired) electrons. The fourth-order valence-corrected chi connectivity index (χ4v) is 6.51. The molecule has 1 aliphatic rings. The largest absolute Gasteiger partial charge is 0.368 e. The van der Waals surface area contributed by atoms with Crippen molar-refractivity contribution in [1.82, 2.24) is 16.0 Å². The Balaban J connectivity index is 0.00000113. The lowest BCUT2D eigenvalue weighted by atomic mass is 9.97. The first-order chi connectivity index (χ1) is 47.5. The van der Waals surface area contributed by atoms with Gasteiger partial charge in [-0.25, -0.2) is 0 Å². The van der Waals surface area contributed by atoms with E-state index in [1.54, 1.807) is 6.92 Å². The Hall–Kier alpha value is -16.8. The molecule has 97 heavy (non-hydrogen) atoms. The number of nitro benzene ring substituents is 1. The molecule has 0 spiro atoms. The second kappa shape index (κ2) is 57.0. The predicted octanol–water partition coefficient (Wildman–Crippen LogP) is 2.23. The number of primary amides is 1. The monoisotopic (exact) mass is 1250 g/mol. The molecule has 5 N–H and O–H groups in total. The number of nitrogens with two attached hydrogens (primary N) is 1. The number of nitro groups is 1. The zero-order valence-corrected chi connectivity index (χ0v) is 52.1. The Kier molecular flexibility index (Phi) is 46.0. The highest BCUT2D eigenvalue weighted by atomic mass is 32.2. The lowest BCUT2D eigenvalue weighted by Crippen LogP contribution is -2.57. The minimum absolute atomic E-state index is 0.00130. The third-order valence-corrected chi connectivity index (χ3v) is 10.9. The zero-order chi connectivity index (χ0) is 70.5. The topological polar surface area (TPSA) is 174 Å². The van der Waals surface area contributed by atoms with Crippen LogP contribution in [-0.4, -0.2) is 52.4 Å². The fraction of sp³-hybridized carbons (Fsp3) is 0.153. The SMILES string of the molecule is C#CC#CC#CC#CC#CC#CC#CC#CC#CC#CC#CC#CC#CC#CC#CC#CC#CC#CC#CC#CC#CC#CC#CC#CC#CC#CC#CC#CC#CC#CC#C.CCCCC[C@@H]1NC(=O)[C@H]([C@H](C)CC)NC(=O)c2cc([N+](=O)[O-])ccc2SCC(C(N)=O)NC1=O. The van der Waals surface area contributed by atoms with Crippen LogP contribution in [0.4, 0.5) is 5.69 Å². The smallest absolute Gasteiger partial charge is 0.270 e. The van der Waals surface area contributed by atoms with Gasteiger partial charge in [-0.15, -0.1) is 24.6 Å². The number of nitrogens with one attached hydrogen (secondary N) is 3. The van der Waals surface area contributed by atoms with E-state index in [2.05, 4.69) is 371 Å². The summed E-state index contributed by atoms with van der Waals surface area (Å²) < 4.78 is 0. The molecular formula is C85H35N5O6S. The van der Waals surface area contributed by atoms with Crippen LogP contribution in [0.15, 0.2) is 23.1 Å². The lowest BCUT2D eigenvalue weighted by Gasteiger charge is -2.27. The first-order valence-corrected chi connectivity index (χ1v) is 28.0. The maximum atomic E-state index is 13.2. The van der Waals surface area contributed by atoms with Crippen molar-refractivity contribution in [3.05, 3.63) is 33.9 Å². The van der Waals surface area contributed by atoms with E-state index in [0.29, 0.717) is 24.2 Å². The van der Waals surface area contributed by atoms with E-state index in [1.165, 1.54) is 12.1 Å². The Bertz CT molecular complexity index is 5240. The molecule has 1 aromatic carbocycles. The number of rotatable bonds is 8. The molecule has 442 valence electrons. The molecule has 1 heterocycles. The summed E-state index contributed by atoms with van der Waals surface area (Å²) in [6, 6.07) is 0.831. The molecule has 4 atom stereocenters. The molecule has 4 amide bonds. The number of benzene rings is 1. The van der Waals surface area contributed by atoms with Crippen LogP contribution in [0.1, 0.15) is 63.2 Å². The van der Waals surface area contributed by atoms with Crippen LogP contribution in [0, 0.1) is 384 Å². The highest BCUT2D eigenvalue weighted by molar-refractivity contribution is 7.99. The Morgan fingerprint density at radius 3 is 1.01 bits per heavy atom. The lowest BCUT2D eigenvalue weighted by molar-refractivity contribution is -0.384. The first kappa shape index (κ1) is 78.2. The van der Waals surface area contributed by atoms with Crippen LogP contribution in [0.5, 0.6) is 0 Å². The van der Waals surface area contributed by atoms with Crippen molar-refractivity contribution >= 4 is 41.1 Å². The van der Waals surface area contributed by atoms with Gasteiger partial charge in [-0.05, 0) is 113 Å². The second-order valence-corrected chi connectivity index (χ2v) is 17.2. The molecule has 0 saturated heterocycles. The quantitative estimate of drug-likeness (QED) is 0.134. The van der Waals surface area contributed by atoms with Crippen LogP contribution in [0.2, 0.25) is 0 Å². The van der Waals surface area contributed by atoms with Gasteiger partial charge < -0.3 is 21.7 Å². The normalized spacial score (nSPS) is 10.5. The summed E-state index contributed by atoms with van der Waals surface area (Å²) in [5, 5.41) is 19.4. The molecule has 0 aliphatic carbocycles. The molecule has 1 aliphatic heterocycles. The molecule has 11 nitrogen and oxygen atoms in total. The van der Waals surface area contributed by atoms with Gasteiger partial charge in [0.15, 0.2) is 0 Å². The highest BCUT2D eigenvalue weighted by Gasteiger charge is 2.33. The molecule has 0 saturated carbocycles. The van der Waals surface area contributed by atoms with E-state index in [1.807, 2.05) is 13.8 Å². The number of thioether (sulfide) groups is 1. The van der Waals surface area contributed by atoms with Gasteiger partial charge in [0.05, 0.1) is 10.5 Å². The molecular weight excluding hydrogens is 1220 g/mol. The number of carbonyl (C=O) groups excluding carboxylic acids is 4. The molecule has 2 rings (SSSR count). The molecule has 0 aromatic heterocycles. The molecule has 1 aromatic rings. The van der Waals surface area contributed by atoms with Crippen LogP contribution >= 0.6 is 11.8 Å². The standard InChI is InChI=1S/C62H2.C23H33N5O6S/c1-3-5-7-9-11-13-15-17-19-21-23-25-27-29-31-33-35-37-39-41-43-45-47-49-51-53-55-57-59-61-62-60-58-56-54-52-50-48-46-44-42-40-38-36-34-32-30-28-26-24-22-20-18-16-14-12-10-8-6-4-2;1-4-6-7-8-16-22(31)26-17(20(24)29)12-35-18-10-9-14(28(33)34)11-15(18)21(30)27-19(13(3)5-2)23(32)25-16/h1-2H;9-11,13,16-17,19H,4-8,12H2,1-3H3,(H2,24,29)(H,25,32)(H,26,31)(H,27,30)/t;13-,16+,17?,19+/m.1/s1. The number of terminal acetylenes is 2. The van der Waals surface area contributed by atoms with E-state index < -0.39 is 46.7 Å². The minimum atomic E-state index is -1.07. The van der Waals surface area contributed by atoms with Crippen LogP contribution in [0.3, 0.4) is 0 Å². The van der Waals surface area contributed by atoms with Gasteiger partial charge in [0, 0.05) is 283 Å². The molecule has 12 heteroatoms. The summed E-state index contributed by atoms with van der Waals surface area (Å²) >= 11 is 1.07. The number of hydrogen-bond donors (Lipinski definition) is 4. The first-order valence-electron chi connectivity index (χ1n) is 27.0. The van der Waals surface area contributed by atoms with Gasteiger partial charge in [0.25, 0.3) is 11.6 Å². The maximum absolute atomic E-state index is 13.2. The van der Waals surface area contributed by atoms with Crippen molar-refractivity contribution in [3.8, 4) is 368 Å². The average Bonchev–Trinajstić information content (AvgIpc) is 1.76. The summed E-state index contributed by atoms with van der Waals surface area (Å²) in [5.41, 5.74) is 5.21. The summed E-state index contributed by atoms with van der Waals surface area (Å²) in [4.78, 5) is 62.6. The summed E-state index contributed by atoms with van der Waals surface area (Å²) in [6.45, 7) is 5.67. The number of carbonyl (C=O) groups is 4. The second-order valence-electron chi connectivity index (χ2n) is 16.1. The maximum Gasteiger partial charge on any atom is 0.270 e. The third-order valence-electron chi connectivity index (χ3n) is 9.70. The van der Waals surface area contributed by atoms with Crippen molar-refractivity contribution in [2.24, 2.45) is 11.7 Å². The fourth-order valence-electron chi connectivity index (χ4n) is 5.45. The minimum Gasteiger partial charge on any atom is -0.368 e. The van der Waals surface area contributed by atoms with Crippen molar-refractivity contribution in [1.29, 1.82) is 0 Å². The average molecular weight is 1250 g/mol. The Labute approximate surface area is 573 Å². The number of fused-ring (bicyclic) bond motifs is 1. The van der Waals surface area contributed by atoms with E-state index in [9.17, 15) is 29.3 Å². The van der Waals surface area contributed by atoms with Crippen LogP contribution in [-0.2, 0) is 14.4 Å². The Morgan fingerprint density at radius 1 is 0.474 bits per heavy atom. The number of nitrogens with zero attached hydrogens (tertiary/aromatic N) is 1. The molecule has 1 unspecified atom stereocenters. The van der Waals surface area contributed by atoms with Gasteiger partial charge in [-0.3, -0.25) is 29.3 Å². The van der Waals surface area contributed by atoms with Gasteiger partial charge in [-0.2, -0.15) is 0 Å². The van der Waals surface area contributed by atoms with Gasteiger partial charge in [0.2, 0.25) is 17.7 Å². The summed E-state index contributed by atoms with van der Waals surface area (Å²) in [6.07, 6.45) is 13.3. The van der Waals surface area contributed by atoms with Crippen molar-refractivity contribution in [3.63, 3.8) is 0 Å². The zero-order valence-electron chi connectivity index (χ0n) is 51.3. The van der Waals surface area contributed by atoms with E-state index in [4.69, 9.17) is 18.6 Å². The van der Waals surface area contributed by atoms with Gasteiger partial charge >= 0.3 is 0 Å². The van der Waals surface area contributed by atoms with Crippen molar-refractivity contribution in [2.45, 2.75) is 75.9 Å². The van der Waals surface area contributed by atoms with E-state index in [0.717, 1.165) is 30.7 Å². The van der Waals surface area contributed by atoms with Crippen LogP contribution < -0.4 is 21.7 Å². The van der Waals surface area contributed by atoms with Gasteiger partial charge in [0.1, 0.15) is 18.1 Å². The number of unbranched alkanes of at least 4 members (excludes halogenated alkanes) is 2. The number of hydrogen-bond acceptors (Lipinski definition) is 7. The highest BCUT2D eigenvalue weighted by Crippen LogP contribution is 2.28. The summed E-state index contributed by atoms with van der Waals surface area (Å²) in [7, 11) is 0. The Morgan fingerprint density at radius 2 is 0.763 bits per heavy atom. The number of non-ortho nitro benzene ring substituents is 1. The van der Waals surface area contributed by atoms with Crippen LogP contribution in [0.25, 0.3) is 0 Å². The van der Waals surface area contributed by atoms with Crippen molar-refractivity contribution < 1.29 is 24.1 Å². The van der Waals surface area contributed by atoms with E-state index >= 15 is 0 Å². The third kappa shape index (κ3) is 44.3. The summed E-state index contributed by atoms with van der Waals surface area (Å²) in [5.74, 6) is 145. The van der Waals surface area contributed by atoms with E-state index in [-0.39, 0.29) is 22.9 Å². The molecule has 0 fully saturated rings. The molecule has 0 bridgehead atoms. The van der Waals surface area contributed by atoms with Gasteiger partial charge in [-0.1, -0.05) is 46.5 Å². The van der Waals surface area contributed by atoms with Crippen molar-refractivity contribution in [2.75, 3.05) is 5.75 Å². The number of amides is 4. The predicted molar refractivity (Wildman–Crippen MR) is 375 cm³/mol.